The number of esters is 1. The number of alkyl carbamates (subject to hydrolysis) is 1. The second-order valence-electron chi connectivity index (χ2n) is 5.69. The van der Waals surface area contributed by atoms with Crippen LogP contribution >= 0.6 is 7.37 Å². The van der Waals surface area contributed by atoms with Crippen molar-refractivity contribution in [2.45, 2.75) is 38.5 Å². The molecule has 128 valence electrons. The zero-order valence-electron chi connectivity index (χ0n) is 13.1. The van der Waals surface area contributed by atoms with Gasteiger partial charge in [0.25, 0.3) is 0 Å². The van der Waals surface area contributed by atoms with Crippen LogP contribution in [0.25, 0.3) is 0 Å². The lowest BCUT2D eigenvalue weighted by atomic mass is 9.89. The van der Waals surface area contributed by atoms with Crippen LogP contribution in [0, 0.1) is 5.92 Å². The van der Waals surface area contributed by atoms with Gasteiger partial charge in [-0.05, 0) is 19.3 Å². The van der Waals surface area contributed by atoms with Crippen LogP contribution < -0.4 is 5.32 Å². The largest absolute Gasteiger partial charge is 0.462 e. The quantitative estimate of drug-likeness (QED) is 0.400. The molecule has 1 amide bonds. The van der Waals surface area contributed by atoms with E-state index < -0.39 is 13.5 Å². The van der Waals surface area contributed by atoms with Gasteiger partial charge in [0.1, 0.15) is 13.2 Å². The third-order valence-electron chi connectivity index (χ3n) is 3.52. The summed E-state index contributed by atoms with van der Waals surface area (Å²) < 4.78 is 21.0. The Hall–Kier alpha value is -1.07. The fourth-order valence-corrected chi connectivity index (χ4v) is 3.09. The molecule has 8 heteroatoms. The van der Waals surface area contributed by atoms with Gasteiger partial charge in [-0.15, -0.1) is 0 Å². The first-order valence-corrected chi connectivity index (χ1v) is 10.0. The van der Waals surface area contributed by atoms with Crippen LogP contribution in [0.4, 0.5) is 4.79 Å². The number of hydrogen-bond acceptors (Lipinski definition) is 5. The summed E-state index contributed by atoms with van der Waals surface area (Å²) >= 11 is 0. The first-order chi connectivity index (χ1) is 10.4. The van der Waals surface area contributed by atoms with Gasteiger partial charge in [0.15, 0.2) is 7.37 Å². The molecule has 7 nitrogen and oxygen atoms in total. The second-order valence-corrected chi connectivity index (χ2v) is 8.24. The lowest BCUT2D eigenvalue weighted by Crippen LogP contribution is -2.28. The van der Waals surface area contributed by atoms with Crippen molar-refractivity contribution in [3.8, 4) is 0 Å². The summed E-state index contributed by atoms with van der Waals surface area (Å²) in [5.41, 5.74) is 0. The average Bonchev–Trinajstić information content (AvgIpc) is 2.48. The number of rotatable bonds is 8. The second kappa shape index (κ2) is 9.85. The van der Waals surface area contributed by atoms with Crippen molar-refractivity contribution in [2.75, 3.05) is 32.6 Å². The maximum absolute atomic E-state index is 11.7. The molecule has 1 atom stereocenters. The number of carbonyl (C=O) groups excluding carboxylic acids is 2. The van der Waals surface area contributed by atoms with E-state index in [1.165, 1.54) is 13.1 Å². The molecule has 22 heavy (non-hydrogen) atoms. The van der Waals surface area contributed by atoms with Crippen LogP contribution in [0.5, 0.6) is 0 Å². The zero-order valence-corrected chi connectivity index (χ0v) is 14.0. The van der Waals surface area contributed by atoms with Crippen LogP contribution in [-0.4, -0.2) is 49.5 Å². The maximum Gasteiger partial charge on any atom is 0.407 e. The molecule has 0 aromatic heterocycles. The standard InChI is InChI=1S/C14H26NO6P/c1-22(18,19)11-5-8-15-14(17)21-10-9-20-13(16)12-6-3-2-4-7-12/h12H,2-11H2,1H3,(H,15,17)(H,18,19). The lowest BCUT2D eigenvalue weighted by molar-refractivity contribution is -0.150. The van der Waals surface area contributed by atoms with E-state index in [-0.39, 0.29) is 37.8 Å². The molecule has 0 aromatic rings. The van der Waals surface area contributed by atoms with E-state index in [1.54, 1.807) is 0 Å². The number of ether oxygens (including phenoxy) is 2. The summed E-state index contributed by atoms with van der Waals surface area (Å²) in [4.78, 5) is 32.1. The molecule has 2 N–H and O–H groups in total. The van der Waals surface area contributed by atoms with Gasteiger partial charge in [-0.1, -0.05) is 19.3 Å². The summed E-state index contributed by atoms with van der Waals surface area (Å²) in [7, 11) is -3.03. The Kier molecular flexibility index (Phi) is 8.49. The highest BCUT2D eigenvalue weighted by atomic mass is 31.2. The highest BCUT2D eigenvalue weighted by Crippen LogP contribution is 2.35. The minimum absolute atomic E-state index is 0.00852. The minimum Gasteiger partial charge on any atom is -0.462 e. The molecule has 0 aromatic carbocycles. The molecule has 1 rings (SSSR count). The summed E-state index contributed by atoms with van der Waals surface area (Å²) in [6.07, 6.45) is 5.03. The normalized spacial score (nSPS) is 18.3. The molecule has 0 aliphatic heterocycles. The third kappa shape index (κ3) is 9.05. The summed E-state index contributed by atoms with van der Waals surface area (Å²) in [6, 6.07) is 0. The predicted octanol–water partition coefficient (Wildman–Crippen LogP) is 2.13. The number of hydrogen-bond donors (Lipinski definition) is 2. The van der Waals surface area contributed by atoms with Crippen LogP contribution in [0.3, 0.4) is 0 Å². The molecular formula is C14H26NO6P. The smallest absolute Gasteiger partial charge is 0.407 e. The first-order valence-electron chi connectivity index (χ1n) is 7.75. The average molecular weight is 335 g/mol. The SMILES string of the molecule is CP(=O)(O)CCCNC(=O)OCCOC(=O)C1CCCCC1. The molecule has 0 heterocycles. The molecule has 1 aliphatic rings. The molecular weight excluding hydrogens is 309 g/mol. The van der Waals surface area contributed by atoms with E-state index in [2.05, 4.69) is 5.32 Å². The van der Waals surface area contributed by atoms with Gasteiger partial charge in [-0.3, -0.25) is 9.36 Å². The highest BCUT2D eigenvalue weighted by molar-refractivity contribution is 7.57. The molecule has 1 aliphatic carbocycles. The Morgan fingerprint density at radius 1 is 1.18 bits per heavy atom. The van der Waals surface area contributed by atoms with Crippen LogP contribution in [-0.2, 0) is 18.8 Å². The van der Waals surface area contributed by atoms with Gasteiger partial charge in [0.2, 0.25) is 0 Å². The topological polar surface area (TPSA) is 102 Å². The Labute approximate surface area is 131 Å². The molecule has 1 unspecified atom stereocenters. The van der Waals surface area contributed by atoms with Crippen molar-refractivity contribution in [1.29, 1.82) is 0 Å². The van der Waals surface area contributed by atoms with E-state index in [0.29, 0.717) is 6.42 Å². The Balaban J connectivity index is 2.00. The van der Waals surface area contributed by atoms with Crippen LogP contribution in [0.15, 0.2) is 0 Å². The van der Waals surface area contributed by atoms with Gasteiger partial charge in [-0.25, -0.2) is 4.79 Å². The fourth-order valence-electron chi connectivity index (χ4n) is 2.35. The summed E-state index contributed by atoms with van der Waals surface area (Å²) in [5, 5.41) is 2.47. The maximum atomic E-state index is 11.7. The van der Waals surface area contributed by atoms with Crippen molar-refractivity contribution < 1.29 is 28.5 Å². The van der Waals surface area contributed by atoms with Gasteiger partial charge in [0.05, 0.1) is 5.92 Å². The van der Waals surface area contributed by atoms with Crippen molar-refractivity contribution in [1.82, 2.24) is 5.32 Å². The monoisotopic (exact) mass is 335 g/mol. The Morgan fingerprint density at radius 3 is 2.45 bits per heavy atom. The highest BCUT2D eigenvalue weighted by Gasteiger charge is 2.22. The van der Waals surface area contributed by atoms with Gasteiger partial charge in [0, 0.05) is 19.4 Å². The molecule has 0 saturated heterocycles. The van der Waals surface area contributed by atoms with E-state index in [9.17, 15) is 14.2 Å². The summed E-state index contributed by atoms with van der Waals surface area (Å²) in [5.74, 6) is -0.212. The molecule has 1 saturated carbocycles. The zero-order chi connectivity index (χ0) is 16.4. The summed E-state index contributed by atoms with van der Waals surface area (Å²) in [6.45, 7) is 1.63. The number of nitrogens with one attached hydrogen (secondary N) is 1. The van der Waals surface area contributed by atoms with E-state index in [0.717, 1.165) is 25.7 Å². The Morgan fingerprint density at radius 2 is 1.82 bits per heavy atom. The lowest BCUT2D eigenvalue weighted by Gasteiger charge is -2.19. The number of carbonyl (C=O) groups is 2. The third-order valence-corrected chi connectivity index (χ3v) is 4.66. The Bertz CT molecular complexity index is 402. The number of amides is 1. The van der Waals surface area contributed by atoms with Gasteiger partial charge in [-0.2, -0.15) is 0 Å². The van der Waals surface area contributed by atoms with Gasteiger partial charge >= 0.3 is 12.1 Å². The van der Waals surface area contributed by atoms with Gasteiger partial charge < -0.3 is 19.7 Å². The minimum atomic E-state index is -3.03. The molecule has 0 radical (unpaired) electrons. The molecule has 1 fully saturated rings. The van der Waals surface area contributed by atoms with E-state index >= 15 is 0 Å². The first kappa shape index (κ1) is 19.0. The van der Waals surface area contributed by atoms with E-state index in [4.69, 9.17) is 14.4 Å². The van der Waals surface area contributed by atoms with Crippen molar-refractivity contribution in [3.63, 3.8) is 0 Å². The van der Waals surface area contributed by atoms with Crippen LogP contribution in [0.1, 0.15) is 38.5 Å². The fraction of sp³-hybridized carbons (Fsp3) is 0.857. The van der Waals surface area contributed by atoms with E-state index in [1.807, 2.05) is 0 Å². The molecule has 0 bridgehead atoms. The molecule has 0 spiro atoms. The van der Waals surface area contributed by atoms with Crippen molar-refractivity contribution >= 4 is 19.4 Å². The predicted molar refractivity (Wildman–Crippen MR) is 82.1 cm³/mol. The van der Waals surface area contributed by atoms with Crippen molar-refractivity contribution in [3.05, 3.63) is 0 Å². The van der Waals surface area contributed by atoms with Crippen LogP contribution in [0.2, 0.25) is 0 Å². The van der Waals surface area contributed by atoms with Crippen molar-refractivity contribution in [2.24, 2.45) is 5.92 Å².